The minimum absolute atomic E-state index is 0.322. The lowest BCUT2D eigenvalue weighted by molar-refractivity contribution is 0.394. The SMILES string of the molecule is COc1cc(OC)cc(/C(Cl)=C(/C#N)c2cccnc2)c1. The zero-order chi connectivity index (χ0) is 15.2. The van der Waals surface area contributed by atoms with Crippen molar-refractivity contribution in [2.75, 3.05) is 14.2 Å². The van der Waals surface area contributed by atoms with Crippen LogP contribution in [0.25, 0.3) is 10.6 Å². The number of nitriles is 1. The predicted molar refractivity (Wildman–Crippen MR) is 82.1 cm³/mol. The summed E-state index contributed by atoms with van der Waals surface area (Å²) in [5.74, 6) is 1.21. The molecule has 1 aromatic carbocycles. The predicted octanol–water partition coefficient (Wildman–Crippen LogP) is 3.73. The van der Waals surface area contributed by atoms with E-state index in [0.717, 1.165) is 0 Å². The Morgan fingerprint density at radius 2 is 1.81 bits per heavy atom. The molecule has 106 valence electrons. The third-order valence-corrected chi connectivity index (χ3v) is 3.29. The first kappa shape index (κ1) is 14.9. The van der Waals surface area contributed by atoms with Gasteiger partial charge in [-0.3, -0.25) is 4.98 Å². The first-order valence-electron chi connectivity index (χ1n) is 6.13. The number of ether oxygens (including phenoxy) is 2. The third kappa shape index (κ3) is 3.33. The monoisotopic (exact) mass is 300 g/mol. The van der Waals surface area contributed by atoms with Gasteiger partial charge < -0.3 is 9.47 Å². The molecule has 0 atom stereocenters. The lowest BCUT2D eigenvalue weighted by Gasteiger charge is -2.09. The number of allylic oxidation sites excluding steroid dienone is 1. The molecule has 2 rings (SSSR count). The second-order valence-corrected chi connectivity index (χ2v) is 4.52. The Labute approximate surface area is 128 Å². The average Bonchev–Trinajstić information content (AvgIpc) is 2.55. The molecule has 2 aromatic rings. The summed E-state index contributed by atoms with van der Waals surface area (Å²) in [6.07, 6.45) is 3.24. The normalized spacial score (nSPS) is 11.3. The van der Waals surface area contributed by atoms with Crippen molar-refractivity contribution < 1.29 is 9.47 Å². The van der Waals surface area contributed by atoms with Crippen LogP contribution in [0.4, 0.5) is 0 Å². The van der Waals surface area contributed by atoms with Crippen LogP contribution in [0.2, 0.25) is 0 Å². The van der Waals surface area contributed by atoms with E-state index in [9.17, 15) is 5.26 Å². The van der Waals surface area contributed by atoms with Gasteiger partial charge in [0.2, 0.25) is 0 Å². The number of benzene rings is 1. The highest BCUT2D eigenvalue weighted by Crippen LogP contribution is 2.33. The number of halogens is 1. The summed E-state index contributed by atoms with van der Waals surface area (Å²) in [5.41, 5.74) is 1.65. The van der Waals surface area contributed by atoms with Crippen LogP contribution in [0, 0.1) is 11.3 Å². The van der Waals surface area contributed by atoms with Crippen molar-refractivity contribution in [1.82, 2.24) is 4.98 Å². The second-order valence-electron chi connectivity index (χ2n) is 4.14. The summed E-state index contributed by atoms with van der Waals surface area (Å²) in [6.45, 7) is 0. The van der Waals surface area contributed by atoms with Gasteiger partial charge in [0.1, 0.15) is 17.6 Å². The van der Waals surface area contributed by atoms with Gasteiger partial charge in [-0.05, 0) is 18.2 Å². The van der Waals surface area contributed by atoms with E-state index in [1.165, 1.54) is 0 Å². The number of hydrogen-bond acceptors (Lipinski definition) is 4. The minimum Gasteiger partial charge on any atom is -0.497 e. The summed E-state index contributed by atoms with van der Waals surface area (Å²) in [4.78, 5) is 4.00. The van der Waals surface area contributed by atoms with Crippen molar-refractivity contribution in [3.8, 4) is 17.6 Å². The van der Waals surface area contributed by atoms with Crippen molar-refractivity contribution in [2.45, 2.75) is 0 Å². The number of methoxy groups -OCH3 is 2. The Bertz CT molecular complexity index is 684. The molecule has 0 N–H and O–H groups in total. The summed E-state index contributed by atoms with van der Waals surface area (Å²) >= 11 is 6.38. The van der Waals surface area contributed by atoms with E-state index in [0.29, 0.717) is 33.2 Å². The van der Waals surface area contributed by atoms with E-state index >= 15 is 0 Å². The molecule has 4 nitrogen and oxygen atoms in total. The van der Waals surface area contributed by atoms with Gasteiger partial charge in [-0.2, -0.15) is 5.26 Å². The maximum atomic E-state index is 9.38. The van der Waals surface area contributed by atoms with Crippen LogP contribution in [0.1, 0.15) is 11.1 Å². The maximum absolute atomic E-state index is 9.38. The fourth-order valence-corrected chi connectivity index (χ4v) is 2.09. The molecule has 0 amide bonds. The van der Waals surface area contributed by atoms with Gasteiger partial charge in [-0.15, -0.1) is 0 Å². The topological polar surface area (TPSA) is 55.1 Å². The minimum atomic E-state index is 0.322. The van der Waals surface area contributed by atoms with Crippen molar-refractivity contribution in [1.29, 1.82) is 5.26 Å². The Balaban J connectivity index is 2.58. The second kappa shape index (κ2) is 6.78. The van der Waals surface area contributed by atoms with Crippen LogP contribution < -0.4 is 9.47 Å². The van der Waals surface area contributed by atoms with Gasteiger partial charge in [0.05, 0.1) is 24.8 Å². The molecule has 1 heterocycles. The quantitative estimate of drug-likeness (QED) is 0.807. The van der Waals surface area contributed by atoms with Gasteiger partial charge in [0.15, 0.2) is 0 Å². The smallest absolute Gasteiger partial charge is 0.123 e. The lowest BCUT2D eigenvalue weighted by atomic mass is 10.0. The van der Waals surface area contributed by atoms with Gasteiger partial charge in [-0.1, -0.05) is 17.7 Å². The van der Waals surface area contributed by atoms with Crippen LogP contribution in [-0.2, 0) is 0 Å². The molecule has 0 aliphatic heterocycles. The largest absolute Gasteiger partial charge is 0.497 e. The van der Waals surface area contributed by atoms with Gasteiger partial charge in [0.25, 0.3) is 0 Å². The molecule has 0 fully saturated rings. The molecule has 0 unspecified atom stereocenters. The highest BCUT2D eigenvalue weighted by Gasteiger charge is 2.12. The van der Waals surface area contributed by atoms with Crippen LogP contribution in [-0.4, -0.2) is 19.2 Å². The zero-order valence-corrected chi connectivity index (χ0v) is 12.4. The van der Waals surface area contributed by atoms with Crippen molar-refractivity contribution in [3.63, 3.8) is 0 Å². The average molecular weight is 301 g/mol. The standard InChI is InChI=1S/C16H13ClN2O2/c1-20-13-6-12(7-14(8-13)21-2)16(17)15(9-18)11-4-3-5-19-10-11/h3-8,10H,1-2H3/b16-15+. The summed E-state index contributed by atoms with van der Waals surface area (Å²) < 4.78 is 10.4. The summed E-state index contributed by atoms with van der Waals surface area (Å²) in [5, 5.41) is 9.70. The molecule has 21 heavy (non-hydrogen) atoms. The van der Waals surface area contributed by atoms with Crippen LogP contribution in [0.3, 0.4) is 0 Å². The molecule has 5 heteroatoms. The summed E-state index contributed by atoms with van der Waals surface area (Å²) in [7, 11) is 3.12. The number of hydrogen-bond donors (Lipinski definition) is 0. The van der Waals surface area contributed by atoms with Crippen LogP contribution in [0.5, 0.6) is 11.5 Å². The van der Waals surface area contributed by atoms with E-state index in [1.54, 1.807) is 56.9 Å². The van der Waals surface area contributed by atoms with Gasteiger partial charge >= 0.3 is 0 Å². The molecule has 0 saturated carbocycles. The first-order chi connectivity index (χ1) is 10.2. The zero-order valence-electron chi connectivity index (χ0n) is 11.6. The lowest BCUT2D eigenvalue weighted by Crippen LogP contribution is -1.91. The van der Waals surface area contributed by atoms with Crippen LogP contribution >= 0.6 is 11.6 Å². The van der Waals surface area contributed by atoms with E-state index in [2.05, 4.69) is 11.1 Å². The molecular weight excluding hydrogens is 288 g/mol. The summed E-state index contributed by atoms with van der Waals surface area (Å²) in [6, 6.07) is 10.9. The number of aromatic nitrogens is 1. The Kier molecular flexibility index (Phi) is 4.81. The number of nitrogens with zero attached hydrogens (tertiary/aromatic N) is 2. The molecule has 0 bridgehead atoms. The van der Waals surface area contributed by atoms with Crippen molar-refractivity contribution in [3.05, 3.63) is 53.9 Å². The Morgan fingerprint density at radius 1 is 1.14 bits per heavy atom. The van der Waals surface area contributed by atoms with E-state index < -0.39 is 0 Å². The van der Waals surface area contributed by atoms with Crippen molar-refractivity contribution in [2.24, 2.45) is 0 Å². The highest BCUT2D eigenvalue weighted by atomic mass is 35.5. The Morgan fingerprint density at radius 3 is 2.29 bits per heavy atom. The van der Waals surface area contributed by atoms with Gasteiger partial charge in [0, 0.05) is 29.6 Å². The molecule has 0 radical (unpaired) electrons. The number of rotatable bonds is 4. The van der Waals surface area contributed by atoms with E-state index in [4.69, 9.17) is 21.1 Å². The van der Waals surface area contributed by atoms with E-state index in [1.807, 2.05) is 0 Å². The van der Waals surface area contributed by atoms with Gasteiger partial charge in [-0.25, -0.2) is 0 Å². The van der Waals surface area contributed by atoms with E-state index in [-0.39, 0.29) is 0 Å². The highest BCUT2D eigenvalue weighted by molar-refractivity contribution is 6.53. The fraction of sp³-hybridized carbons (Fsp3) is 0.125. The molecule has 0 spiro atoms. The fourth-order valence-electron chi connectivity index (χ4n) is 1.83. The van der Waals surface area contributed by atoms with Crippen LogP contribution in [0.15, 0.2) is 42.7 Å². The molecule has 0 aliphatic carbocycles. The number of pyridine rings is 1. The molecular formula is C16H13ClN2O2. The first-order valence-corrected chi connectivity index (χ1v) is 6.51. The van der Waals surface area contributed by atoms with Crippen molar-refractivity contribution >= 4 is 22.2 Å². The molecule has 0 saturated heterocycles. The Hall–Kier alpha value is -2.51. The third-order valence-electron chi connectivity index (χ3n) is 2.89. The maximum Gasteiger partial charge on any atom is 0.123 e. The molecule has 1 aromatic heterocycles. The molecule has 0 aliphatic rings.